The zero-order valence-electron chi connectivity index (χ0n) is 11.3. The van der Waals surface area contributed by atoms with E-state index in [0.717, 1.165) is 5.56 Å². The summed E-state index contributed by atoms with van der Waals surface area (Å²) in [5, 5.41) is 12.9. The van der Waals surface area contributed by atoms with Crippen molar-refractivity contribution in [1.29, 1.82) is 0 Å². The average Bonchev–Trinajstić information content (AvgIpc) is 2.66. The summed E-state index contributed by atoms with van der Waals surface area (Å²) >= 11 is 1.50. The molecular formula is C13H19NO4S. The average molecular weight is 285 g/mol. The molecule has 1 rings (SSSR count). The van der Waals surface area contributed by atoms with Crippen molar-refractivity contribution in [2.24, 2.45) is 11.7 Å². The second kappa shape index (κ2) is 6.16. The molecule has 0 spiro atoms. The normalized spacial score (nSPS) is 14.7. The monoisotopic (exact) mass is 285 g/mol. The van der Waals surface area contributed by atoms with E-state index in [9.17, 15) is 9.59 Å². The largest absolute Gasteiger partial charge is 0.481 e. The number of rotatable bonds is 5. The number of ether oxygens (including phenoxy) is 1. The van der Waals surface area contributed by atoms with Gasteiger partial charge in [-0.25, -0.2) is 0 Å². The van der Waals surface area contributed by atoms with Crippen molar-refractivity contribution in [3.8, 4) is 0 Å². The molecule has 0 unspecified atom stereocenters. The Morgan fingerprint density at radius 2 is 2.11 bits per heavy atom. The van der Waals surface area contributed by atoms with E-state index in [1.54, 1.807) is 20.8 Å². The van der Waals surface area contributed by atoms with Crippen LogP contribution in [0.3, 0.4) is 0 Å². The molecule has 0 bridgehead atoms. The van der Waals surface area contributed by atoms with E-state index in [1.165, 1.54) is 11.3 Å². The highest BCUT2D eigenvalue weighted by Gasteiger charge is 2.36. The first kappa shape index (κ1) is 15.7. The number of aliphatic carboxylic acids is 1. The van der Waals surface area contributed by atoms with Crippen LogP contribution in [0.1, 0.15) is 26.3 Å². The number of carbonyl (C=O) groups is 2. The van der Waals surface area contributed by atoms with Gasteiger partial charge in [-0.2, -0.15) is 11.3 Å². The summed E-state index contributed by atoms with van der Waals surface area (Å²) in [4.78, 5) is 23.1. The molecule has 1 aromatic rings. The zero-order valence-corrected chi connectivity index (χ0v) is 12.1. The maximum absolute atomic E-state index is 11.9. The van der Waals surface area contributed by atoms with E-state index in [-0.39, 0.29) is 0 Å². The lowest BCUT2D eigenvalue weighted by Crippen LogP contribution is -2.45. The Morgan fingerprint density at radius 3 is 2.53 bits per heavy atom. The lowest BCUT2D eigenvalue weighted by Gasteiger charge is -2.24. The molecular weight excluding hydrogens is 266 g/mol. The van der Waals surface area contributed by atoms with Gasteiger partial charge in [-0.05, 0) is 49.6 Å². The second-order valence-corrected chi connectivity index (χ2v) is 6.13. The van der Waals surface area contributed by atoms with Crippen LogP contribution in [0.5, 0.6) is 0 Å². The van der Waals surface area contributed by atoms with Crippen LogP contribution in [0.25, 0.3) is 0 Å². The number of hydrogen-bond acceptors (Lipinski definition) is 5. The lowest BCUT2D eigenvalue weighted by atomic mass is 9.95. The lowest BCUT2D eigenvalue weighted by molar-refractivity contribution is -0.167. The molecule has 0 aromatic carbocycles. The van der Waals surface area contributed by atoms with Gasteiger partial charge in [0, 0.05) is 6.04 Å². The molecule has 0 radical (unpaired) electrons. The maximum atomic E-state index is 11.9. The van der Waals surface area contributed by atoms with Gasteiger partial charge in [-0.1, -0.05) is 0 Å². The first-order chi connectivity index (χ1) is 8.70. The first-order valence-electron chi connectivity index (χ1n) is 5.93. The molecule has 0 amide bonds. The number of carbonyl (C=O) groups excluding carboxylic acids is 1. The van der Waals surface area contributed by atoms with Gasteiger partial charge in [0.2, 0.25) is 0 Å². The van der Waals surface area contributed by atoms with Crippen molar-refractivity contribution in [3.05, 3.63) is 22.4 Å². The van der Waals surface area contributed by atoms with Crippen molar-refractivity contribution in [2.45, 2.75) is 38.8 Å². The molecule has 0 aliphatic rings. The summed E-state index contributed by atoms with van der Waals surface area (Å²) in [6.45, 7) is 5.07. The second-order valence-electron chi connectivity index (χ2n) is 5.35. The molecule has 0 aliphatic carbocycles. The van der Waals surface area contributed by atoms with Crippen LogP contribution >= 0.6 is 11.3 Å². The van der Waals surface area contributed by atoms with Gasteiger partial charge in [0.25, 0.3) is 0 Å². The van der Waals surface area contributed by atoms with Gasteiger partial charge in [0.1, 0.15) is 5.60 Å². The van der Waals surface area contributed by atoms with E-state index in [4.69, 9.17) is 15.6 Å². The van der Waals surface area contributed by atoms with Gasteiger partial charge in [-0.15, -0.1) is 0 Å². The third-order valence-electron chi connectivity index (χ3n) is 2.41. The van der Waals surface area contributed by atoms with Crippen molar-refractivity contribution in [3.63, 3.8) is 0 Å². The fourth-order valence-corrected chi connectivity index (χ4v) is 2.30. The summed E-state index contributed by atoms with van der Waals surface area (Å²) in [6.07, 6.45) is 0.333. The van der Waals surface area contributed by atoms with Crippen LogP contribution in [-0.4, -0.2) is 28.7 Å². The molecule has 3 N–H and O–H groups in total. The minimum absolute atomic E-state index is 0.333. The highest BCUT2D eigenvalue weighted by atomic mass is 32.1. The van der Waals surface area contributed by atoms with E-state index >= 15 is 0 Å². The molecule has 2 atom stereocenters. The Balaban J connectivity index is 2.76. The highest BCUT2D eigenvalue weighted by molar-refractivity contribution is 7.07. The fraction of sp³-hybridized carbons (Fsp3) is 0.538. The van der Waals surface area contributed by atoms with E-state index in [0.29, 0.717) is 6.42 Å². The molecule has 5 nitrogen and oxygen atoms in total. The summed E-state index contributed by atoms with van der Waals surface area (Å²) in [6, 6.07) is 1.06. The van der Waals surface area contributed by atoms with Crippen molar-refractivity contribution >= 4 is 23.3 Å². The number of carboxylic acid groups (broad SMARTS) is 1. The molecule has 0 aliphatic heterocycles. The van der Waals surface area contributed by atoms with Crippen molar-refractivity contribution in [2.75, 3.05) is 0 Å². The first-order valence-corrected chi connectivity index (χ1v) is 6.87. The number of nitrogens with two attached hydrogens (primary N) is 1. The zero-order chi connectivity index (χ0) is 14.6. The molecule has 1 aromatic heterocycles. The summed E-state index contributed by atoms with van der Waals surface area (Å²) in [7, 11) is 0. The van der Waals surface area contributed by atoms with Crippen LogP contribution in [-0.2, 0) is 20.7 Å². The van der Waals surface area contributed by atoms with E-state index < -0.39 is 29.5 Å². The maximum Gasteiger partial charge on any atom is 0.322 e. The predicted octanol–water partition coefficient (Wildman–Crippen LogP) is 1.66. The van der Waals surface area contributed by atoms with Crippen molar-refractivity contribution < 1.29 is 19.4 Å². The Hall–Kier alpha value is -1.40. The van der Waals surface area contributed by atoms with Gasteiger partial charge >= 0.3 is 11.9 Å². The SMILES string of the molecule is CC(C)(C)OC(=O)[C@H](C(=O)O)[C@@H](N)Cc1ccsc1. The number of thiophene rings is 1. The van der Waals surface area contributed by atoms with Crippen molar-refractivity contribution in [1.82, 2.24) is 0 Å². The molecule has 6 heteroatoms. The van der Waals surface area contributed by atoms with Crippen LogP contribution in [0.2, 0.25) is 0 Å². The summed E-state index contributed by atoms with van der Waals surface area (Å²) in [5.41, 5.74) is 6.05. The molecule has 0 saturated carbocycles. The van der Waals surface area contributed by atoms with Crippen LogP contribution in [0.15, 0.2) is 16.8 Å². The molecule has 19 heavy (non-hydrogen) atoms. The molecule has 106 valence electrons. The third kappa shape index (κ3) is 5.00. The Kier molecular flexibility index (Phi) is 5.08. The smallest absolute Gasteiger partial charge is 0.322 e. The summed E-state index contributed by atoms with van der Waals surface area (Å²) < 4.78 is 5.10. The predicted molar refractivity (Wildman–Crippen MR) is 73.0 cm³/mol. The van der Waals surface area contributed by atoms with Gasteiger partial charge < -0.3 is 15.6 Å². The Morgan fingerprint density at radius 1 is 1.47 bits per heavy atom. The standard InChI is InChI=1S/C13H19NO4S/c1-13(2,3)18-12(17)10(11(15)16)9(14)6-8-4-5-19-7-8/h4-5,7,9-10H,6,14H2,1-3H3,(H,15,16)/t9-,10-/m0/s1. The van der Waals surface area contributed by atoms with Crippen LogP contribution in [0.4, 0.5) is 0 Å². The number of esters is 1. The van der Waals surface area contributed by atoms with E-state index in [1.807, 2.05) is 16.8 Å². The minimum Gasteiger partial charge on any atom is -0.481 e. The van der Waals surface area contributed by atoms with Gasteiger partial charge in [0.05, 0.1) is 0 Å². The summed E-state index contributed by atoms with van der Waals surface area (Å²) in [5.74, 6) is -3.39. The Bertz CT molecular complexity index is 436. The number of hydrogen-bond donors (Lipinski definition) is 2. The quantitative estimate of drug-likeness (QED) is 0.634. The highest BCUT2D eigenvalue weighted by Crippen LogP contribution is 2.17. The number of carboxylic acids is 1. The molecule has 1 heterocycles. The Labute approximate surface area is 116 Å². The third-order valence-corrected chi connectivity index (χ3v) is 3.14. The molecule has 0 saturated heterocycles. The molecule has 0 fully saturated rings. The van der Waals surface area contributed by atoms with Crippen LogP contribution in [0, 0.1) is 5.92 Å². The fourth-order valence-electron chi connectivity index (χ4n) is 1.62. The van der Waals surface area contributed by atoms with E-state index in [2.05, 4.69) is 0 Å². The van der Waals surface area contributed by atoms with Gasteiger partial charge in [-0.3, -0.25) is 9.59 Å². The van der Waals surface area contributed by atoms with Crippen LogP contribution < -0.4 is 5.73 Å². The topological polar surface area (TPSA) is 89.6 Å². The van der Waals surface area contributed by atoms with Gasteiger partial charge in [0.15, 0.2) is 5.92 Å². The minimum atomic E-state index is -1.35.